The molecule has 0 unspecified atom stereocenters. The molecule has 0 radical (unpaired) electrons. The van der Waals surface area contributed by atoms with Crippen LogP contribution in [0.25, 0.3) is 0 Å². The van der Waals surface area contributed by atoms with Crippen LogP contribution in [0.1, 0.15) is 20.8 Å². The van der Waals surface area contributed by atoms with Gasteiger partial charge in [-0.15, -0.1) is 11.8 Å². The summed E-state index contributed by atoms with van der Waals surface area (Å²) in [4.78, 5) is 2.47. The van der Waals surface area contributed by atoms with E-state index in [4.69, 9.17) is 0 Å². The molecule has 0 saturated heterocycles. The third-order valence-corrected chi connectivity index (χ3v) is 1.65. The van der Waals surface area contributed by atoms with Gasteiger partial charge in [0.2, 0.25) is 0 Å². The quantitative estimate of drug-likeness (QED) is 0.550. The molecule has 0 amide bonds. The predicted molar refractivity (Wildman–Crippen MR) is 41.8 cm³/mol. The van der Waals surface area contributed by atoms with Gasteiger partial charge in [0.05, 0.1) is 0 Å². The summed E-state index contributed by atoms with van der Waals surface area (Å²) in [6.45, 7) is 9.89. The molecule has 1 heteroatoms. The highest BCUT2D eigenvalue weighted by Gasteiger charge is 1.85. The van der Waals surface area contributed by atoms with Crippen LogP contribution in [0.3, 0.4) is 0 Å². The van der Waals surface area contributed by atoms with Gasteiger partial charge in [-0.1, -0.05) is 12.7 Å². The molecule has 46 valence electrons. The molecule has 0 fully saturated rings. The van der Waals surface area contributed by atoms with Crippen LogP contribution in [0.4, 0.5) is 0 Å². The average molecular weight is 128 g/mol. The number of thioether (sulfide) groups is 1. The minimum Gasteiger partial charge on any atom is -0.101 e. The lowest BCUT2D eigenvalue weighted by atomic mass is 10.6. The fourth-order valence-electron chi connectivity index (χ4n) is 0.334. The lowest BCUT2D eigenvalue weighted by molar-refractivity contribution is 1.59. The van der Waals surface area contributed by atoms with Gasteiger partial charge in [-0.2, -0.15) is 0 Å². The van der Waals surface area contributed by atoms with Crippen molar-refractivity contribution in [2.24, 2.45) is 0 Å². The standard InChI is InChI=1S/C7H12S/c1-5-7(4)8-6(2)3/h5H,2H2,1,3-4H3. The number of hydrogen-bond acceptors (Lipinski definition) is 1. The maximum absolute atomic E-state index is 3.77. The molecule has 0 saturated carbocycles. The molecular formula is C7H12S. The van der Waals surface area contributed by atoms with Crippen LogP contribution in [-0.4, -0.2) is 0 Å². The minimum absolute atomic E-state index is 1.15. The van der Waals surface area contributed by atoms with Gasteiger partial charge in [0.15, 0.2) is 0 Å². The first-order valence-corrected chi connectivity index (χ1v) is 3.44. The SMILES string of the molecule is C=C(C)SC(C)=CC. The fraction of sp³-hybridized carbons (Fsp3) is 0.429. The molecule has 0 aliphatic rings. The molecule has 0 aliphatic carbocycles. The zero-order valence-corrected chi connectivity index (χ0v) is 6.51. The zero-order valence-electron chi connectivity index (χ0n) is 5.69. The van der Waals surface area contributed by atoms with Crippen molar-refractivity contribution in [1.29, 1.82) is 0 Å². The highest BCUT2D eigenvalue weighted by Crippen LogP contribution is 2.21. The number of hydrogen-bond donors (Lipinski definition) is 0. The van der Waals surface area contributed by atoms with Gasteiger partial charge < -0.3 is 0 Å². The van der Waals surface area contributed by atoms with Crippen molar-refractivity contribution < 1.29 is 0 Å². The lowest BCUT2D eigenvalue weighted by Crippen LogP contribution is -1.63. The first kappa shape index (κ1) is 7.83. The smallest absolute Gasteiger partial charge is 0.0180 e. The second kappa shape index (κ2) is 3.79. The molecule has 0 atom stereocenters. The highest BCUT2D eigenvalue weighted by atomic mass is 32.2. The normalized spacial score (nSPS) is 11.6. The van der Waals surface area contributed by atoms with E-state index in [1.807, 2.05) is 13.8 Å². The summed E-state index contributed by atoms with van der Waals surface area (Å²) < 4.78 is 0. The Morgan fingerprint density at radius 2 is 2.00 bits per heavy atom. The van der Waals surface area contributed by atoms with E-state index in [0.29, 0.717) is 0 Å². The first-order valence-electron chi connectivity index (χ1n) is 2.63. The first-order chi connectivity index (χ1) is 3.66. The van der Waals surface area contributed by atoms with Crippen molar-refractivity contribution in [3.05, 3.63) is 22.5 Å². The van der Waals surface area contributed by atoms with Crippen LogP contribution in [-0.2, 0) is 0 Å². The Labute approximate surface area is 55.7 Å². The summed E-state index contributed by atoms with van der Waals surface area (Å²) in [7, 11) is 0. The summed E-state index contributed by atoms with van der Waals surface area (Å²) in [5, 5.41) is 0. The molecule has 0 aromatic carbocycles. The van der Waals surface area contributed by atoms with Crippen molar-refractivity contribution in [1.82, 2.24) is 0 Å². The van der Waals surface area contributed by atoms with Crippen LogP contribution in [0.2, 0.25) is 0 Å². The maximum atomic E-state index is 3.77. The van der Waals surface area contributed by atoms with Crippen LogP contribution >= 0.6 is 11.8 Å². The Kier molecular flexibility index (Phi) is 3.71. The summed E-state index contributed by atoms with van der Waals surface area (Å²) in [6.07, 6.45) is 2.08. The van der Waals surface area contributed by atoms with Crippen molar-refractivity contribution in [2.45, 2.75) is 20.8 Å². The second-order valence-electron chi connectivity index (χ2n) is 1.70. The Morgan fingerprint density at radius 3 is 2.12 bits per heavy atom. The number of rotatable bonds is 2. The maximum Gasteiger partial charge on any atom is -0.0180 e. The molecule has 8 heavy (non-hydrogen) atoms. The Hall–Kier alpha value is -0.170. The molecule has 0 aliphatic heterocycles. The van der Waals surface area contributed by atoms with Crippen molar-refractivity contribution in [2.75, 3.05) is 0 Å². The van der Waals surface area contributed by atoms with E-state index in [1.54, 1.807) is 11.8 Å². The number of allylic oxidation sites excluding steroid dienone is 3. The largest absolute Gasteiger partial charge is 0.101 e. The highest BCUT2D eigenvalue weighted by molar-refractivity contribution is 8.06. The third-order valence-electron chi connectivity index (χ3n) is 0.742. The fourth-order valence-corrected chi connectivity index (χ4v) is 1.00. The molecule has 0 aromatic rings. The van der Waals surface area contributed by atoms with E-state index in [0.717, 1.165) is 4.91 Å². The van der Waals surface area contributed by atoms with E-state index >= 15 is 0 Å². The van der Waals surface area contributed by atoms with Crippen LogP contribution < -0.4 is 0 Å². The molecule has 0 nitrogen and oxygen atoms in total. The summed E-state index contributed by atoms with van der Waals surface area (Å²) in [5.41, 5.74) is 0. The molecule has 0 bridgehead atoms. The van der Waals surface area contributed by atoms with Gasteiger partial charge in [0.1, 0.15) is 0 Å². The Bertz CT molecular complexity index is 112. The minimum atomic E-state index is 1.15. The van der Waals surface area contributed by atoms with Gasteiger partial charge >= 0.3 is 0 Å². The summed E-state index contributed by atoms with van der Waals surface area (Å²) in [5.74, 6) is 0. The summed E-state index contributed by atoms with van der Waals surface area (Å²) in [6, 6.07) is 0. The van der Waals surface area contributed by atoms with Gasteiger partial charge in [-0.25, -0.2) is 0 Å². The third kappa shape index (κ3) is 4.00. The zero-order chi connectivity index (χ0) is 6.57. The molecule has 0 N–H and O–H groups in total. The molecule has 0 aromatic heterocycles. The molecule has 0 heterocycles. The second-order valence-corrected chi connectivity index (χ2v) is 3.25. The lowest BCUT2D eigenvalue weighted by Gasteiger charge is -1.95. The van der Waals surface area contributed by atoms with Gasteiger partial charge in [-0.3, -0.25) is 0 Å². The van der Waals surface area contributed by atoms with Crippen LogP contribution in [0.5, 0.6) is 0 Å². The molecule has 0 rings (SSSR count). The topological polar surface area (TPSA) is 0 Å². The van der Waals surface area contributed by atoms with Gasteiger partial charge in [0, 0.05) is 0 Å². The monoisotopic (exact) mass is 128 g/mol. The van der Waals surface area contributed by atoms with Crippen molar-refractivity contribution in [3.63, 3.8) is 0 Å². The molecule has 0 spiro atoms. The van der Waals surface area contributed by atoms with Crippen LogP contribution in [0, 0.1) is 0 Å². The van der Waals surface area contributed by atoms with Gasteiger partial charge in [0.25, 0.3) is 0 Å². The van der Waals surface area contributed by atoms with Gasteiger partial charge in [-0.05, 0) is 30.6 Å². The van der Waals surface area contributed by atoms with E-state index < -0.39 is 0 Å². The van der Waals surface area contributed by atoms with Crippen molar-refractivity contribution in [3.8, 4) is 0 Å². The van der Waals surface area contributed by atoms with E-state index in [-0.39, 0.29) is 0 Å². The van der Waals surface area contributed by atoms with E-state index in [2.05, 4.69) is 19.6 Å². The Balaban J connectivity index is 3.56. The van der Waals surface area contributed by atoms with Crippen LogP contribution in [0.15, 0.2) is 22.5 Å². The Morgan fingerprint density at radius 1 is 1.50 bits per heavy atom. The predicted octanol–water partition coefficient (Wildman–Crippen LogP) is 3.18. The molecular weight excluding hydrogens is 116 g/mol. The van der Waals surface area contributed by atoms with E-state index in [1.165, 1.54) is 4.91 Å². The average Bonchev–Trinajstić information content (AvgIpc) is 1.65. The van der Waals surface area contributed by atoms with Crippen molar-refractivity contribution >= 4 is 11.8 Å². The summed E-state index contributed by atoms with van der Waals surface area (Å²) >= 11 is 1.72. The van der Waals surface area contributed by atoms with E-state index in [9.17, 15) is 0 Å².